The summed E-state index contributed by atoms with van der Waals surface area (Å²) in [4.78, 5) is 32.9. The Labute approximate surface area is 218 Å². The second kappa shape index (κ2) is 9.71. The van der Waals surface area contributed by atoms with E-state index in [1.165, 1.54) is 16.2 Å². The van der Waals surface area contributed by atoms with Crippen LogP contribution >= 0.6 is 11.3 Å². The Kier molecular flexibility index (Phi) is 6.43. The molecule has 1 aliphatic heterocycles. The van der Waals surface area contributed by atoms with Crippen molar-refractivity contribution in [3.8, 4) is 11.5 Å². The number of fused-ring (bicyclic) bond motifs is 1. The summed E-state index contributed by atoms with van der Waals surface area (Å²) in [5.74, 6) is -0.141. The summed E-state index contributed by atoms with van der Waals surface area (Å²) in [6.07, 6.45) is 0. The number of thiazole rings is 1. The van der Waals surface area contributed by atoms with E-state index >= 15 is 0 Å². The number of amides is 1. The molecule has 0 aliphatic carbocycles. The normalized spacial score (nSPS) is 17.1. The van der Waals surface area contributed by atoms with E-state index < -0.39 is 17.7 Å². The number of ether oxygens (including phenoxy) is 2. The molecular formula is C29H26N2O5S. The molecule has 1 fully saturated rings. The van der Waals surface area contributed by atoms with Gasteiger partial charge in [0.2, 0.25) is 0 Å². The third-order valence-corrected chi connectivity index (χ3v) is 7.53. The summed E-state index contributed by atoms with van der Waals surface area (Å²) in [5, 5.41) is 11.7. The van der Waals surface area contributed by atoms with Gasteiger partial charge in [0.25, 0.3) is 5.78 Å². The number of carbonyl (C=O) groups is 2. The average molecular weight is 515 g/mol. The predicted molar refractivity (Wildman–Crippen MR) is 144 cm³/mol. The molecule has 4 aromatic rings. The van der Waals surface area contributed by atoms with E-state index in [9.17, 15) is 14.7 Å². The van der Waals surface area contributed by atoms with Crippen molar-refractivity contribution in [1.29, 1.82) is 0 Å². The monoisotopic (exact) mass is 514 g/mol. The lowest BCUT2D eigenvalue weighted by atomic mass is 9.93. The molecule has 1 saturated heterocycles. The van der Waals surface area contributed by atoms with Crippen LogP contribution in [0.25, 0.3) is 16.0 Å². The standard InChI is InChI=1S/C29H26N2O5S/c1-16(2)17-5-7-18(8-6-17)25-24(26(32)19-9-11-20(35-3)12-10-19)27(33)28(34)31(25)29-30-22-14-13-21(36-4)15-23(22)37-29/h5-16,25,32H,1-4H3/b26-24+/t25-/m0/s1. The first-order chi connectivity index (χ1) is 17.8. The van der Waals surface area contributed by atoms with Gasteiger partial charge in [-0.25, -0.2) is 4.98 Å². The van der Waals surface area contributed by atoms with Crippen molar-refractivity contribution < 1.29 is 24.2 Å². The van der Waals surface area contributed by atoms with E-state index in [-0.39, 0.29) is 11.3 Å². The Balaban J connectivity index is 1.69. The first-order valence-electron chi connectivity index (χ1n) is 11.8. The molecule has 1 atom stereocenters. The highest BCUT2D eigenvalue weighted by atomic mass is 32.1. The van der Waals surface area contributed by atoms with E-state index in [4.69, 9.17) is 9.47 Å². The molecule has 1 aromatic heterocycles. The van der Waals surface area contributed by atoms with Crippen LogP contribution in [-0.4, -0.2) is 36.0 Å². The molecule has 3 aromatic carbocycles. The number of ketones is 1. The number of aliphatic hydroxyl groups is 1. The molecule has 0 unspecified atom stereocenters. The number of nitrogens with zero attached hydrogens (tertiary/aromatic N) is 2. The van der Waals surface area contributed by atoms with E-state index in [1.807, 2.05) is 36.4 Å². The summed E-state index contributed by atoms with van der Waals surface area (Å²) < 4.78 is 11.4. The van der Waals surface area contributed by atoms with Crippen LogP contribution in [-0.2, 0) is 9.59 Å². The number of aromatic nitrogens is 1. The molecule has 0 saturated carbocycles. The van der Waals surface area contributed by atoms with Gasteiger partial charge in [-0.15, -0.1) is 0 Å². The second-order valence-corrected chi connectivity index (χ2v) is 10.1. The second-order valence-electron chi connectivity index (χ2n) is 9.05. The molecule has 37 heavy (non-hydrogen) atoms. The summed E-state index contributed by atoms with van der Waals surface area (Å²) in [5.41, 5.74) is 2.95. The zero-order valence-electron chi connectivity index (χ0n) is 20.9. The lowest BCUT2D eigenvalue weighted by Gasteiger charge is -2.23. The average Bonchev–Trinajstić information content (AvgIpc) is 3.45. The molecule has 5 rings (SSSR count). The van der Waals surface area contributed by atoms with E-state index in [0.29, 0.717) is 39.2 Å². The Morgan fingerprint density at radius 2 is 1.59 bits per heavy atom. The van der Waals surface area contributed by atoms with Crippen LogP contribution < -0.4 is 14.4 Å². The van der Waals surface area contributed by atoms with Crippen LogP contribution in [0.15, 0.2) is 72.3 Å². The SMILES string of the molecule is COc1ccc(/C(O)=C2\C(=O)C(=O)N(c3nc4ccc(OC)cc4s3)[C@H]2c2ccc(C(C)C)cc2)cc1. The fourth-order valence-electron chi connectivity index (χ4n) is 4.44. The van der Waals surface area contributed by atoms with Crippen molar-refractivity contribution >= 4 is 44.1 Å². The molecule has 8 heteroatoms. The van der Waals surface area contributed by atoms with Gasteiger partial charge in [0.15, 0.2) is 5.13 Å². The summed E-state index contributed by atoms with van der Waals surface area (Å²) in [6, 6.07) is 19.1. The molecule has 1 amide bonds. The Morgan fingerprint density at radius 3 is 2.22 bits per heavy atom. The molecule has 0 bridgehead atoms. The number of hydrogen-bond acceptors (Lipinski definition) is 7. The Morgan fingerprint density at radius 1 is 0.946 bits per heavy atom. The van der Waals surface area contributed by atoms with Crippen LogP contribution in [0.4, 0.5) is 5.13 Å². The van der Waals surface area contributed by atoms with Gasteiger partial charge < -0.3 is 14.6 Å². The maximum absolute atomic E-state index is 13.5. The first kappa shape index (κ1) is 24.5. The van der Waals surface area contributed by atoms with Crippen molar-refractivity contribution in [1.82, 2.24) is 4.98 Å². The van der Waals surface area contributed by atoms with Crippen LogP contribution in [0.5, 0.6) is 11.5 Å². The minimum absolute atomic E-state index is 0.0179. The number of carbonyl (C=O) groups excluding carboxylic acids is 2. The van der Waals surface area contributed by atoms with Gasteiger partial charge in [0.05, 0.1) is 36.1 Å². The summed E-state index contributed by atoms with van der Waals surface area (Å²) in [6.45, 7) is 4.19. The van der Waals surface area contributed by atoms with Gasteiger partial charge >= 0.3 is 5.91 Å². The van der Waals surface area contributed by atoms with E-state index in [0.717, 1.165) is 10.3 Å². The number of methoxy groups -OCH3 is 2. The largest absolute Gasteiger partial charge is 0.507 e. The summed E-state index contributed by atoms with van der Waals surface area (Å²) >= 11 is 1.29. The molecular weight excluding hydrogens is 488 g/mol. The van der Waals surface area contributed by atoms with Crippen LogP contribution in [0.1, 0.15) is 42.5 Å². The summed E-state index contributed by atoms with van der Waals surface area (Å²) in [7, 11) is 3.14. The third kappa shape index (κ3) is 4.34. The van der Waals surface area contributed by atoms with Gasteiger partial charge in [-0.05, 0) is 59.5 Å². The highest BCUT2D eigenvalue weighted by Crippen LogP contribution is 2.45. The quantitative estimate of drug-likeness (QED) is 0.191. The Bertz CT molecular complexity index is 1520. The minimum Gasteiger partial charge on any atom is -0.507 e. The van der Waals surface area contributed by atoms with Gasteiger partial charge in [-0.2, -0.15) is 0 Å². The maximum Gasteiger partial charge on any atom is 0.301 e. The van der Waals surface area contributed by atoms with Crippen molar-refractivity contribution in [2.24, 2.45) is 0 Å². The molecule has 2 heterocycles. The van der Waals surface area contributed by atoms with E-state index in [2.05, 4.69) is 18.8 Å². The highest BCUT2D eigenvalue weighted by Gasteiger charge is 2.48. The van der Waals surface area contributed by atoms with Crippen molar-refractivity contribution in [2.45, 2.75) is 25.8 Å². The molecule has 0 spiro atoms. The number of anilines is 1. The topological polar surface area (TPSA) is 89.0 Å². The van der Waals surface area contributed by atoms with Crippen molar-refractivity contribution in [2.75, 3.05) is 19.1 Å². The fourth-order valence-corrected chi connectivity index (χ4v) is 5.46. The van der Waals surface area contributed by atoms with E-state index in [1.54, 1.807) is 44.6 Å². The van der Waals surface area contributed by atoms with Crippen LogP contribution in [0.3, 0.4) is 0 Å². The van der Waals surface area contributed by atoms with Crippen LogP contribution in [0.2, 0.25) is 0 Å². The van der Waals surface area contributed by atoms with Gasteiger partial charge in [-0.1, -0.05) is 49.4 Å². The number of benzene rings is 3. The van der Waals surface area contributed by atoms with Crippen molar-refractivity contribution in [3.05, 3.63) is 89.0 Å². The van der Waals surface area contributed by atoms with Crippen LogP contribution in [0, 0.1) is 0 Å². The third-order valence-electron chi connectivity index (χ3n) is 6.52. The predicted octanol–water partition coefficient (Wildman–Crippen LogP) is 6.06. The molecule has 1 N–H and O–H groups in total. The number of aliphatic hydroxyl groups excluding tert-OH is 1. The number of hydrogen-bond donors (Lipinski definition) is 1. The lowest BCUT2D eigenvalue weighted by Crippen LogP contribution is -2.29. The first-order valence-corrected chi connectivity index (χ1v) is 12.6. The highest BCUT2D eigenvalue weighted by molar-refractivity contribution is 7.22. The number of Topliss-reactive ketones (excluding diaryl/α,β-unsaturated/α-hetero) is 1. The Hall–Kier alpha value is -4.17. The van der Waals surface area contributed by atoms with Gasteiger partial charge in [0.1, 0.15) is 17.3 Å². The smallest absolute Gasteiger partial charge is 0.301 e. The fraction of sp³-hybridized carbons (Fsp3) is 0.207. The lowest BCUT2D eigenvalue weighted by molar-refractivity contribution is -0.132. The molecule has 188 valence electrons. The zero-order valence-corrected chi connectivity index (χ0v) is 21.7. The molecule has 7 nitrogen and oxygen atoms in total. The number of rotatable bonds is 6. The minimum atomic E-state index is -0.842. The maximum atomic E-state index is 13.5. The molecule has 0 radical (unpaired) electrons. The van der Waals surface area contributed by atoms with Gasteiger partial charge in [0, 0.05) is 5.56 Å². The molecule has 1 aliphatic rings. The van der Waals surface area contributed by atoms with Crippen molar-refractivity contribution in [3.63, 3.8) is 0 Å². The zero-order chi connectivity index (χ0) is 26.3. The van der Waals surface area contributed by atoms with Gasteiger partial charge in [-0.3, -0.25) is 14.5 Å².